The fourth-order valence-corrected chi connectivity index (χ4v) is 6.32. The normalized spacial score (nSPS) is 11.4. The van der Waals surface area contributed by atoms with E-state index in [-0.39, 0.29) is 71.8 Å². The molecule has 1 fully saturated rings. The van der Waals surface area contributed by atoms with Crippen molar-refractivity contribution >= 4 is 98.7 Å². The van der Waals surface area contributed by atoms with Crippen molar-refractivity contribution in [2.75, 3.05) is 43.3 Å². The van der Waals surface area contributed by atoms with Crippen molar-refractivity contribution in [2.24, 2.45) is 0 Å². The molecule has 52 heavy (non-hydrogen) atoms. The first-order valence-electron chi connectivity index (χ1n) is 15.7. The maximum atomic E-state index is 14.0. The lowest BCUT2D eigenvalue weighted by Gasteiger charge is -2.22. The number of pyridine rings is 2. The molecular formula is C31H39Br4FN6O10. The van der Waals surface area contributed by atoms with E-state index < -0.39 is 33.5 Å². The van der Waals surface area contributed by atoms with Crippen molar-refractivity contribution in [3.63, 3.8) is 0 Å². The van der Waals surface area contributed by atoms with Crippen LogP contribution in [-0.4, -0.2) is 65.0 Å². The van der Waals surface area contributed by atoms with Gasteiger partial charge >= 0.3 is 23.6 Å². The van der Waals surface area contributed by atoms with Crippen molar-refractivity contribution in [3.8, 4) is 5.75 Å². The van der Waals surface area contributed by atoms with Crippen LogP contribution in [0.5, 0.6) is 5.75 Å². The average Bonchev–Trinajstić information content (AvgIpc) is 3.67. The largest absolute Gasteiger partial charge is 0.489 e. The summed E-state index contributed by atoms with van der Waals surface area (Å²) in [6.45, 7) is 8.95. The van der Waals surface area contributed by atoms with Crippen molar-refractivity contribution in [2.45, 2.75) is 40.7 Å². The Kier molecular flexibility index (Phi) is 20.2. The molecule has 3 aromatic rings. The van der Waals surface area contributed by atoms with Gasteiger partial charge in [-0.25, -0.2) is 23.9 Å². The number of carbonyl (C=O) groups is 2. The van der Waals surface area contributed by atoms with Crippen LogP contribution in [0.3, 0.4) is 0 Å². The fraction of sp³-hybridized carbons (Fsp3) is 0.355. The van der Waals surface area contributed by atoms with Gasteiger partial charge < -0.3 is 18.9 Å². The van der Waals surface area contributed by atoms with Crippen LogP contribution in [0.4, 0.5) is 36.7 Å². The smallest absolute Gasteiger partial charge is 0.414 e. The molecular weight excluding hydrogens is 955 g/mol. The molecule has 1 aliphatic rings. The molecule has 0 spiro atoms. The molecule has 1 aliphatic heterocycles. The van der Waals surface area contributed by atoms with Gasteiger partial charge in [-0.05, 0) is 108 Å². The fourth-order valence-electron chi connectivity index (χ4n) is 3.96. The van der Waals surface area contributed by atoms with Crippen LogP contribution in [0, 0.1) is 26.0 Å². The van der Waals surface area contributed by atoms with E-state index in [0.29, 0.717) is 10.2 Å². The second kappa shape index (κ2) is 23.7. The number of hydrogen-bond acceptors (Lipinski definition) is 12. The Hall–Kier alpha value is -3.79. The highest BCUT2D eigenvalue weighted by Gasteiger charge is 2.30. The Balaban J connectivity index is 0. The van der Waals surface area contributed by atoms with Crippen molar-refractivity contribution in [3.05, 3.63) is 93.0 Å². The maximum Gasteiger partial charge on any atom is 0.414 e. The molecule has 0 atom stereocenters. The number of nitro groups is 2. The number of nitrogens with zero attached hydrogens (tertiary/aromatic N) is 5. The van der Waals surface area contributed by atoms with Crippen LogP contribution in [0.25, 0.3) is 0 Å². The molecule has 21 heteroatoms. The summed E-state index contributed by atoms with van der Waals surface area (Å²) in [5, 5.41) is 24.7. The molecule has 0 radical (unpaired) electrons. The van der Waals surface area contributed by atoms with Crippen LogP contribution in [-0.2, 0) is 20.8 Å². The zero-order chi connectivity index (χ0) is 40.1. The summed E-state index contributed by atoms with van der Waals surface area (Å²) >= 11 is 12.2. The van der Waals surface area contributed by atoms with E-state index in [4.69, 9.17) is 17.2 Å². The molecule has 2 amide bonds. The van der Waals surface area contributed by atoms with Crippen molar-refractivity contribution in [1.82, 2.24) is 9.97 Å². The SMILES string of the molecule is C.C1CCOC1.C=CCOc1cc(F)cc(CN(C(=O)OCC)c2cc(Br)nc(Br)c2[N+](=O)[O-])c1.CCOC(=O)Nc1cc(Br)nc(Br)c1[N+](=O)[O-].[2HH].[2H][2H]. The van der Waals surface area contributed by atoms with Gasteiger partial charge in [-0.15, -0.1) is 0 Å². The molecule has 1 aromatic carbocycles. The minimum absolute atomic E-state index is 0. The molecule has 288 valence electrons. The lowest BCUT2D eigenvalue weighted by molar-refractivity contribution is -0.385. The monoisotopic (exact) mass is 993 g/mol. The minimum Gasteiger partial charge on any atom is -0.489 e. The number of ether oxygens (including phenoxy) is 4. The van der Waals surface area contributed by atoms with E-state index in [2.05, 4.69) is 90.3 Å². The zero-order valence-electron chi connectivity index (χ0n) is 29.0. The third kappa shape index (κ3) is 15.1. The maximum absolute atomic E-state index is 14.0. The standard InChI is InChI=1S/C18H16Br2FN3O5.C8H7Br2N3O4.C4H8O.CH4.2H2/c1-3-5-29-13-7-11(6-12(21)8-13)10-23(18(25)28-4-2)14-9-15(19)22-17(20)16(14)24(26)27;1-2-17-8(14)11-4-3-5(9)12-7(10)6(4)13(15)16;1-2-4-5-3-1;;;/h3,6-9H,1,4-5,10H2,2H3;3H,2H2,1H3,(H,11,12,14);1-4H2;1H4;2*1H/i;;;;1+1D;1+1. The summed E-state index contributed by atoms with van der Waals surface area (Å²) in [5.41, 5.74) is -0.486. The number of benzene rings is 1. The highest BCUT2D eigenvalue weighted by atomic mass is 79.9. The number of amides is 2. The molecule has 0 saturated carbocycles. The third-order valence-electron chi connectivity index (χ3n) is 5.94. The highest BCUT2D eigenvalue weighted by Crippen LogP contribution is 2.38. The first kappa shape index (κ1) is 44.4. The Morgan fingerprint density at radius 3 is 2.10 bits per heavy atom. The van der Waals surface area contributed by atoms with E-state index in [0.717, 1.165) is 18.1 Å². The predicted molar refractivity (Wildman–Crippen MR) is 210 cm³/mol. The average molecular weight is 997 g/mol. The second-order valence-corrected chi connectivity index (χ2v) is 12.7. The second-order valence-electron chi connectivity index (χ2n) is 9.59. The van der Waals surface area contributed by atoms with Gasteiger partial charge in [-0.1, -0.05) is 20.1 Å². The predicted octanol–water partition coefficient (Wildman–Crippen LogP) is 10.4. The Labute approximate surface area is 336 Å². The number of carbonyl (C=O) groups excluding carboxylic acids is 2. The molecule has 16 nitrogen and oxygen atoms in total. The molecule has 0 aliphatic carbocycles. The quantitative estimate of drug-likeness (QED) is 0.0827. The summed E-state index contributed by atoms with van der Waals surface area (Å²) in [4.78, 5) is 53.6. The number of aromatic nitrogens is 2. The molecule has 3 heterocycles. The molecule has 4 rings (SSSR count). The first-order valence-corrected chi connectivity index (χ1v) is 17.9. The molecule has 1 N–H and O–H groups in total. The van der Waals surface area contributed by atoms with Crippen LogP contribution < -0.4 is 15.0 Å². The Morgan fingerprint density at radius 2 is 1.58 bits per heavy atom. The third-order valence-corrected chi connectivity index (χ3v) is 7.86. The van der Waals surface area contributed by atoms with Crippen molar-refractivity contribution in [1.29, 1.82) is 0 Å². The van der Waals surface area contributed by atoms with E-state index in [1.54, 1.807) is 13.8 Å². The van der Waals surface area contributed by atoms with Crippen LogP contribution >= 0.6 is 63.7 Å². The van der Waals surface area contributed by atoms with E-state index in [1.165, 1.54) is 49.2 Å². The van der Waals surface area contributed by atoms with E-state index in [1.807, 2.05) is 0 Å². The highest BCUT2D eigenvalue weighted by molar-refractivity contribution is 9.11. The molecule has 2 aromatic heterocycles. The van der Waals surface area contributed by atoms with Gasteiger partial charge in [0.15, 0.2) is 9.21 Å². The number of rotatable bonds is 11. The summed E-state index contributed by atoms with van der Waals surface area (Å²) in [5.74, 6) is -0.354. The lowest BCUT2D eigenvalue weighted by Crippen LogP contribution is -2.32. The van der Waals surface area contributed by atoms with Crippen LogP contribution in [0.15, 0.2) is 61.4 Å². The van der Waals surface area contributed by atoms with Crippen LogP contribution in [0.2, 0.25) is 0 Å². The van der Waals surface area contributed by atoms with Gasteiger partial charge in [0.1, 0.15) is 38.8 Å². The van der Waals surface area contributed by atoms with Gasteiger partial charge in [0.2, 0.25) is 0 Å². The Bertz CT molecular complexity index is 1730. The number of hydrogen-bond donors (Lipinski definition) is 1. The topological polar surface area (TPSA) is 198 Å². The zero-order valence-corrected chi connectivity index (χ0v) is 33.4. The van der Waals surface area contributed by atoms with Crippen molar-refractivity contribution < 1.29 is 47.2 Å². The first-order chi connectivity index (χ1) is 25.2. The molecule has 1 saturated heterocycles. The van der Waals surface area contributed by atoms with Gasteiger partial charge in [-0.2, -0.15) is 0 Å². The lowest BCUT2D eigenvalue weighted by atomic mass is 10.2. The van der Waals surface area contributed by atoms with Gasteiger partial charge in [0, 0.05) is 35.8 Å². The Morgan fingerprint density at radius 1 is 1.00 bits per heavy atom. The summed E-state index contributed by atoms with van der Waals surface area (Å²) < 4.78 is 44.5. The van der Waals surface area contributed by atoms with Crippen LogP contribution in [0.1, 0.15) is 44.1 Å². The summed E-state index contributed by atoms with van der Waals surface area (Å²) in [6.07, 6.45) is 2.46. The van der Waals surface area contributed by atoms with E-state index in [9.17, 15) is 34.2 Å². The summed E-state index contributed by atoms with van der Waals surface area (Å²) in [7, 11) is 0. The van der Waals surface area contributed by atoms with Gasteiger partial charge in [-0.3, -0.25) is 30.4 Å². The number of nitrogens with one attached hydrogen (secondary N) is 1. The minimum atomic E-state index is -0.835. The number of anilines is 2. The molecule has 0 unspecified atom stereocenters. The van der Waals surface area contributed by atoms with E-state index >= 15 is 0 Å². The summed E-state index contributed by atoms with van der Waals surface area (Å²) in [6, 6.07) is 6.54. The van der Waals surface area contributed by atoms with Gasteiger partial charge in [0.25, 0.3) is 0 Å². The number of halogens is 5. The van der Waals surface area contributed by atoms with Gasteiger partial charge in [0.05, 0.1) is 29.6 Å². The molecule has 0 bridgehead atoms.